The van der Waals surface area contributed by atoms with Crippen LogP contribution in [0, 0.1) is 11.8 Å². The summed E-state index contributed by atoms with van der Waals surface area (Å²) >= 11 is 0. The highest BCUT2D eigenvalue weighted by Gasteiger charge is 2.35. The predicted molar refractivity (Wildman–Crippen MR) is 87.6 cm³/mol. The van der Waals surface area contributed by atoms with Crippen molar-refractivity contribution < 1.29 is 23.1 Å². The third-order valence-electron chi connectivity index (χ3n) is 4.38. The maximum Gasteiger partial charge on any atom is 0.307 e. The minimum Gasteiger partial charge on any atom is -0.481 e. The van der Waals surface area contributed by atoms with Crippen molar-refractivity contribution >= 4 is 21.9 Å². The van der Waals surface area contributed by atoms with Crippen LogP contribution in [0.25, 0.3) is 0 Å². The van der Waals surface area contributed by atoms with Crippen LogP contribution in [-0.4, -0.2) is 31.9 Å². The summed E-state index contributed by atoms with van der Waals surface area (Å²) in [6.07, 6.45) is 3.39. The monoisotopic (exact) mass is 354 g/mol. The Morgan fingerprint density at radius 1 is 1.12 bits per heavy atom. The molecule has 8 heteroatoms. The van der Waals surface area contributed by atoms with E-state index < -0.39 is 27.8 Å². The molecule has 0 saturated heterocycles. The summed E-state index contributed by atoms with van der Waals surface area (Å²) in [5.41, 5.74) is 0.862. The Labute approximate surface area is 141 Å². The lowest BCUT2D eigenvalue weighted by molar-refractivity contribution is -0.148. The number of amides is 1. The number of carbonyl (C=O) groups excluding carboxylic acids is 1. The summed E-state index contributed by atoms with van der Waals surface area (Å²) in [5, 5.41) is 17.0. The molecule has 24 heavy (non-hydrogen) atoms. The molecule has 0 spiro atoms. The molecule has 1 aromatic carbocycles. The normalized spacial score (nSPS) is 21.2. The van der Waals surface area contributed by atoms with Crippen molar-refractivity contribution in [3.8, 4) is 0 Å². The Balaban J connectivity index is 1.87. The highest BCUT2D eigenvalue weighted by Crippen LogP contribution is 2.30. The van der Waals surface area contributed by atoms with Gasteiger partial charge in [0, 0.05) is 6.54 Å². The molecule has 1 saturated carbocycles. The molecule has 4 N–H and O–H groups in total. The molecular weight excluding hydrogens is 332 g/mol. The smallest absolute Gasteiger partial charge is 0.307 e. The molecule has 7 nitrogen and oxygen atoms in total. The van der Waals surface area contributed by atoms with Gasteiger partial charge in [0.05, 0.1) is 16.7 Å². The van der Waals surface area contributed by atoms with Crippen molar-refractivity contribution in [2.75, 3.05) is 6.54 Å². The van der Waals surface area contributed by atoms with E-state index in [0.29, 0.717) is 25.8 Å². The van der Waals surface area contributed by atoms with Gasteiger partial charge in [0.25, 0.3) is 0 Å². The van der Waals surface area contributed by atoms with Gasteiger partial charge in [-0.25, -0.2) is 13.6 Å². The maximum atomic E-state index is 12.2. The van der Waals surface area contributed by atoms with Gasteiger partial charge in [0.15, 0.2) is 0 Å². The van der Waals surface area contributed by atoms with E-state index in [4.69, 9.17) is 5.14 Å². The van der Waals surface area contributed by atoms with Gasteiger partial charge in [-0.15, -0.1) is 0 Å². The number of nitrogens with two attached hydrogens (primary N) is 1. The van der Waals surface area contributed by atoms with Crippen LogP contribution in [0.1, 0.15) is 31.2 Å². The number of benzene rings is 1. The van der Waals surface area contributed by atoms with E-state index in [1.165, 1.54) is 12.1 Å². The lowest BCUT2D eigenvalue weighted by atomic mass is 9.78. The summed E-state index contributed by atoms with van der Waals surface area (Å²) in [5.74, 6) is -2.20. The molecule has 2 unspecified atom stereocenters. The van der Waals surface area contributed by atoms with Crippen LogP contribution in [0.15, 0.2) is 29.2 Å². The van der Waals surface area contributed by atoms with Crippen molar-refractivity contribution in [3.63, 3.8) is 0 Å². The fourth-order valence-electron chi connectivity index (χ4n) is 3.05. The lowest BCUT2D eigenvalue weighted by Crippen LogP contribution is -2.40. The molecular formula is C16H22N2O5S. The molecule has 1 amide bonds. The number of hydrogen-bond acceptors (Lipinski definition) is 4. The van der Waals surface area contributed by atoms with Gasteiger partial charge in [-0.3, -0.25) is 9.59 Å². The van der Waals surface area contributed by atoms with E-state index in [1.54, 1.807) is 12.1 Å². The predicted octanol–water partition coefficient (Wildman–Crippen LogP) is 0.884. The fraction of sp³-hybridized carbons (Fsp3) is 0.500. The van der Waals surface area contributed by atoms with Crippen LogP contribution in [0.3, 0.4) is 0 Å². The Bertz CT molecular complexity index is 700. The summed E-state index contributed by atoms with van der Waals surface area (Å²) in [7, 11) is -3.71. The van der Waals surface area contributed by atoms with Crippen LogP contribution in [-0.2, 0) is 26.0 Å². The molecule has 1 aromatic rings. The van der Waals surface area contributed by atoms with E-state index in [2.05, 4.69) is 5.32 Å². The molecule has 1 aliphatic carbocycles. The minimum absolute atomic E-state index is 0.0433. The Hall–Kier alpha value is -1.93. The van der Waals surface area contributed by atoms with Gasteiger partial charge < -0.3 is 10.4 Å². The molecule has 132 valence electrons. The molecule has 0 bridgehead atoms. The van der Waals surface area contributed by atoms with E-state index in [0.717, 1.165) is 18.4 Å². The van der Waals surface area contributed by atoms with Crippen LogP contribution >= 0.6 is 0 Å². The first-order chi connectivity index (χ1) is 11.3. The standard InChI is InChI=1S/C16H22N2O5S/c17-24(22,23)12-7-5-11(6-8-12)9-10-18-15(19)13-3-1-2-4-14(13)16(20)21/h5-8,13-14H,1-4,9-10H2,(H,18,19)(H,20,21)(H2,17,22,23). The highest BCUT2D eigenvalue weighted by molar-refractivity contribution is 7.89. The third kappa shape index (κ3) is 4.78. The summed E-state index contributed by atoms with van der Waals surface area (Å²) in [6.45, 7) is 0.371. The molecule has 2 atom stereocenters. The maximum absolute atomic E-state index is 12.2. The van der Waals surface area contributed by atoms with Crippen LogP contribution in [0.4, 0.5) is 0 Å². The average molecular weight is 354 g/mol. The van der Waals surface area contributed by atoms with E-state index in [-0.39, 0.29) is 10.8 Å². The highest BCUT2D eigenvalue weighted by atomic mass is 32.2. The van der Waals surface area contributed by atoms with Crippen molar-refractivity contribution in [2.45, 2.75) is 37.0 Å². The minimum atomic E-state index is -3.71. The second kappa shape index (κ2) is 7.76. The van der Waals surface area contributed by atoms with Crippen LogP contribution in [0.5, 0.6) is 0 Å². The second-order valence-corrected chi connectivity index (χ2v) is 7.63. The number of primary sulfonamides is 1. The van der Waals surface area contributed by atoms with Gasteiger partial charge in [0.1, 0.15) is 0 Å². The lowest BCUT2D eigenvalue weighted by Gasteiger charge is -2.27. The van der Waals surface area contributed by atoms with Gasteiger partial charge in [-0.05, 0) is 37.0 Å². The molecule has 0 aromatic heterocycles. The van der Waals surface area contributed by atoms with Crippen LogP contribution in [0.2, 0.25) is 0 Å². The van der Waals surface area contributed by atoms with Gasteiger partial charge in [-0.1, -0.05) is 25.0 Å². The molecule has 0 heterocycles. The van der Waals surface area contributed by atoms with Crippen molar-refractivity contribution in [1.82, 2.24) is 5.32 Å². The quantitative estimate of drug-likeness (QED) is 0.699. The Morgan fingerprint density at radius 3 is 2.25 bits per heavy atom. The second-order valence-electron chi connectivity index (χ2n) is 6.07. The number of rotatable bonds is 6. The molecule has 1 fully saturated rings. The number of aliphatic carboxylic acids is 1. The van der Waals surface area contributed by atoms with Gasteiger partial charge in [-0.2, -0.15) is 0 Å². The average Bonchev–Trinajstić information content (AvgIpc) is 2.54. The third-order valence-corrected chi connectivity index (χ3v) is 5.31. The van der Waals surface area contributed by atoms with Crippen molar-refractivity contribution in [1.29, 1.82) is 0 Å². The first kappa shape index (κ1) is 18.4. The zero-order valence-electron chi connectivity index (χ0n) is 13.3. The largest absolute Gasteiger partial charge is 0.481 e. The zero-order valence-corrected chi connectivity index (χ0v) is 14.1. The van der Waals surface area contributed by atoms with E-state index >= 15 is 0 Å². The Kier molecular flexibility index (Phi) is 5.95. The van der Waals surface area contributed by atoms with Crippen molar-refractivity contribution in [2.24, 2.45) is 17.0 Å². The Morgan fingerprint density at radius 2 is 1.71 bits per heavy atom. The number of nitrogens with one attached hydrogen (secondary N) is 1. The number of carbonyl (C=O) groups is 2. The summed E-state index contributed by atoms with van der Waals surface area (Å²) in [4.78, 5) is 23.5. The van der Waals surface area contributed by atoms with E-state index in [1.807, 2.05) is 0 Å². The number of carboxylic acid groups (broad SMARTS) is 1. The topological polar surface area (TPSA) is 127 Å². The van der Waals surface area contributed by atoms with Crippen LogP contribution < -0.4 is 10.5 Å². The van der Waals surface area contributed by atoms with Gasteiger partial charge in [0.2, 0.25) is 15.9 Å². The summed E-state index contributed by atoms with van der Waals surface area (Å²) < 4.78 is 22.4. The molecule has 1 aliphatic rings. The molecule has 2 rings (SSSR count). The number of sulfonamides is 1. The number of hydrogen-bond donors (Lipinski definition) is 3. The zero-order chi connectivity index (χ0) is 17.7. The fourth-order valence-corrected chi connectivity index (χ4v) is 3.56. The van der Waals surface area contributed by atoms with Gasteiger partial charge >= 0.3 is 5.97 Å². The SMILES string of the molecule is NS(=O)(=O)c1ccc(CCNC(=O)C2CCCCC2C(=O)O)cc1. The van der Waals surface area contributed by atoms with E-state index in [9.17, 15) is 23.1 Å². The molecule has 0 aliphatic heterocycles. The molecule has 0 radical (unpaired) electrons. The van der Waals surface area contributed by atoms with Crippen molar-refractivity contribution in [3.05, 3.63) is 29.8 Å². The first-order valence-corrected chi connectivity index (χ1v) is 9.46. The summed E-state index contributed by atoms with van der Waals surface area (Å²) in [6, 6.07) is 6.14. The first-order valence-electron chi connectivity index (χ1n) is 7.91. The number of carboxylic acids is 1.